The Bertz CT molecular complexity index is 1630. The van der Waals surface area contributed by atoms with Crippen LogP contribution in [0.1, 0.15) is 33.4 Å². The molecule has 0 saturated carbocycles. The molecule has 4 rings (SSSR count). The largest absolute Gasteiger partial charge is 0.460 e. The molecule has 0 aliphatic rings. The number of nitrogens with two attached hydrogens (primary N) is 2. The van der Waals surface area contributed by atoms with Crippen molar-refractivity contribution in [3.63, 3.8) is 0 Å². The molecule has 0 unspecified atom stereocenters. The highest BCUT2D eigenvalue weighted by atomic mass is 19.4. The molecule has 16 heteroatoms. The lowest BCUT2D eigenvalue weighted by molar-refractivity contribution is -0.422. The second-order valence-corrected chi connectivity index (χ2v) is 11.3. The van der Waals surface area contributed by atoms with Gasteiger partial charge in [0.1, 0.15) is 0 Å². The van der Waals surface area contributed by atoms with Gasteiger partial charge < -0.3 is 11.5 Å². The predicted octanol–water partition coefficient (Wildman–Crippen LogP) is 9.98. The summed E-state index contributed by atoms with van der Waals surface area (Å²) in [6, 6.07) is 14.8. The summed E-state index contributed by atoms with van der Waals surface area (Å²) < 4.78 is 205. The molecule has 0 heterocycles. The quantitative estimate of drug-likeness (QED) is 0.127. The maximum atomic E-state index is 16.2. The predicted molar refractivity (Wildman–Crippen MR) is 153 cm³/mol. The van der Waals surface area contributed by atoms with E-state index >= 15 is 26.3 Å². The highest BCUT2D eigenvalue weighted by molar-refractivity contribution is 5.50. The Morgan fingerprint density at radius 3 is 0.857 bits per heavy atom. The lowest BCUT2D eigenvalue weighted by atomic mass is 9.62. The molecule has 0 aliphatic carbocycles. The van der Waals surface area contributed by atoms with Crippen molar-refractivity contribution in [1.82, 2.24) is 0 Å². The molecular formula is C33H24F14N2. The van der Waals surface area contributed by atoms with E-state index in [0.29, 0.717) is 46.8 Å². The average Bonchev–Trinajstić information content (AvgIpc) is 3.00. The van der Waals surface area contributed by atoms with Crippen molar-refractivity contribution in [2.24, 2.45) is 0 Å². The van der Waals surface area contributed by atoms with Crippen molar-refractivity contribution in [2.45, 2.75) is 54.3 Å². The van der Waals surface area contributed by atoms with E-state index < -0.39 is 52.6 Å². The summed E-state index contributed by atoms with van der Waals surface area (Å²) in [4.78, 5) is 0. The average molecular weight is 715 g/mol. The third kappa shape index (κ3) is 6.25. The van der Waals surface area contributed by atoms with Gasteiger partial charge in [0.2, 0.25) is 0 Å². The molecule has 0 amide bonds. The first-order valence-electron chi connectivity index (χ1n) is 13.9. The second kappa shape index (κ2) is 12.4. The van der Waals surface area contributed by atoms with Gasteiger partial charge >= 0.3 is 36.0 Å². The number of nitrogen functional groups attached to an aromatic ring is 2. The van der Waals surface area contributed by atoms with E-state index in [0.717, 1.165) is 0 Å². The molecular weight excluding hydrogens is 690 g/mol. The van der Waals surface area contributed by atoms with Gasteiger partial charge in [-0.1, -0.05) is 72.8 Å². The van der Waals surface area contributed by atoms with Crippen LogP contribution in [0, 0.1) is 0 Å². The molecule has 264 valence electrons. The number of alkyl halides is 14. The van der Waals surface area contributed by atoms with Crippen molar-refractivity contribution in [3.05, 3.63) is 130 Å². The third-order valence-corrected chi connectivity index (χ3v) is 7.99. The van der Waals surface area contributed by atoms with Crippen LogP contribution in [0.3, 0.4) is 0 Å². The number of hydrogen-bond donors (Lipinski definition) is 2. The minimum Gasteiger partial charge on any atom is -0.399 e. The van der Waals surface area contributed by atoms with E-state index in [-0.39, 0.29) is 48.2 Å². The van der Waals surface area contributed by atoms with Crippen molar-refractivity contribution >= 4 is 11.4 Å². The first kappa shape index (κ1) is 37.3. The Balaban J connectivity index is 2.02. The molecule has 0 radical (unpaired) electrons. The molecule has 0 atom stereocenters. The zero-order valence-corrected chi connectivity index (χ0v) is 24.6. The first-order chi connectivity index (χ1) is 22.4. The molecule has 4 N–H and O–H groups in total. The van der Waals surface area contributed by atoms with E-state index in [1.165, 1.54) is 48.5 Å². The van der Waals surface area contributed by atoms with E-state index in [1.807, 2.05) is 0 Å². The minimum absolute atomic E-state index is 0.0206. The fourth-order valence-electron chi connectivity index (χ4n) is 5.40. The molecule has 0 aromatic heterocycles. The smallest absolute Gasteiger partial charge is 0.399 e. The number of halogens is 14. The molecule has 2 nitrogen and oxygen atoms in total. The Hall–Kier alpha value is -4.50. The fraction of sp³-hybridized carbons (Fsp3) is 0.273. The van der Waals surface area contributed by atoms with Gasteiger partial charge in [-0.2, -0.15) is 61.5 Å². The zero-order chi connectivity index (χ0) is 36.8. The summed E-state index contributed by atoms with van der Waals surface area (Å²) in [6.07, 6.45) is -15.0. The van der Waals surface area contributed by atoms with Crippen LogP contribution < -0.4 is 11.5 Å². The zero-order valence-electron chi connectivity index (χ0n) is 24.6. The molecule has 4 aromatic rings. The van der Waals surface area contributed by atoms with Crippen LogP contribution in [0.25, 0.3) is 0 Å². The third-order valence-electron chi connectivity index (χ3n) is 7.99. The van der Waals surface area contributed by atoms with E-state index in [2.05, 4.69) is 0 Å². The van der Waals surface area contributed by atoms with Gasteiger partial charge in [0.05, 0.1) is 0 Å². The molecule has 4 aromatic carbocycles. The van der Waals surface area contributed by atoms with Crippen molar-refractivity contribution in [1.29, 1.82) is 0 Å². The maximum absolute atomic E-state index is 16.2. The summed E-state index contributed by atoms with van der Waals surface area (Å²) >= 11 is 0. The maximum Gasteiger partial charge on any atom is 0.460 e. The number of rotatable bonds is 10. The van der Waals surface area contributed by atoms with E-state index in [4.69, 9.17) is 11.5 Å². The van der Waals surface area contributed by atoms with Crippen LogP contribution >= 0.6 is 0 Å². The second-order valence-electron chi connectivity index (χ2n) is 11.3. The highest BCUT2D eigenvalue weighted by Gasteiger charge is 2.91. The van der Waals surface area contributed by atoms with E-state index in [1.54, 1.807) is 0 Å². The summed E-state index contributed by atoms with van der Waals surface area (Å²) in [7, 11) is 0. The fourth-order valence-corrected chi connectivity index (χ4v) is 5.40. The number of benzene rings is 4. The lowest BCUT2D eigenvalue weighted by Gasteiger charge is -2.49. The highest BCUT2D eigenvalue weighted by Crippen LogP contribution is 2.67. The van der Waals surface area contributed by atoms with Crippen LogP contribution in [0.4, 0.5) is 72.8 Å². The summed E-state index contributed by atoms with van der Waals surface area (Å²) in [5.41, 5.74) is 2.80. The topological polar surface area (TPSA) is 52.0 Å². The van der Waals surface area contributed by atoms with Crippen LogP contribution in [0.5, 0.6) is 0 Å². The molecule has 0 bridgehead atoms. The van der Waals surface area contributed by atoms with Gasteiger partial charge in [-0.15, -0.1) is 0 Å². The lowest BCUT2D eigenvalue weighted by Crippen LogP contribution is -2.74. The Morgan fingerprint density at radius 1 is 0.327 bits per heavy atom. The van der Waals surface area contributed by atoms with Gasteiger partial charge in [0, 0.05) is 11.4 Å². The van der Waals surface area contributed by atoms with Gasteiger partial charge in [0.25, 0.3) is 0 Å². The summed E-state index contributed by atoms with van der Waals surface area (Å²) in [5.74, 6) is -30.3. The number of hydrogen-bond acceptors (Lipinski definition) is 2. The van der Waals surface area contributed by atoms with Gasteiger partial charge in [-0.05, 0) is 70.5 Å². The summed E-state index contributed by atoms with van der Waals surface area (Å²) in [6.45, 7) is 0. The first-order valence-corrected chi connectivity index (χ1v) is 13.9. The van der Waals surface area contributed by atoms with Crippen molar-refractivity contribution in [3.8, 4) is 0 Å². The van der Waals surface area contributed by atoms with Crippen molar-refractivity contribution in [2.75, 3.05) is 11.5 Å². The normalized spacial score (nSPS) is 13.8. The molecule has 0 saturated heterocycles. The Kier molecular flexibility index (Phi) is 9.47. The standard InChI is InChI=1S/C33H24F14N2/c34-28(35,30(38,39)31(40,41)33(45,46)47)27(29(36,37)32(42,43)44,23-9-1-19(2-10-23)17-21-5-13-25(48)14-6-21)24-11-3-20(4-12-24)18-22-7-15-26(49)16-8-22/h1-16H,17-18,48-49H2. The molecule has 0 aliphatic heterocycles. The number of anilines is 2. The van der Waals surface area contributed by atoms with E-state index in [9.17, 15) is 35.1 Å². The SMILES string of the molecule is Nc1ccc(Cc2ccc(C(c3ccc(Cc4ccc(N)cc4)cc3)(C(F)(F)C(F)(F)F)C(F)(F)C(F)(F)C(F)(F)C(F)(F)F)cc2)cc1. The van der Waals surface area contributed by atoms with Gasteiger partial charge in [-0.25, -0.2) is 0 Å². The Morgan fingerprint density at radius 2 is 0.592 bits per heavy atom. The van der Waals surface area contributed by atoms with Crippen molar-refractivity contribution < 1.29 is 61.5 Å². The minimum atomic E-state index is -7.88. The Labute approximate surface area is 269 Å². The van der Waals surface area contributed by atoms with Crippen LogP contribution in [-0.2, 0) is 18.3 Å². The van der Waals surface area contributed by atoms with Gasteiger partial charge in [-0.3, -0.25) is 0 Å². The summed E-state index contributed by atoms with van der Waals surface area (Å²) in [5, 5.41) is 0. The molecule has 0 spiro atoms. The van der Waals surface area contributed by atoms with Gasteiger partial charge in [0.15, 0.2) is 5.41 Å². The molecule has 0 fully saturated rings. The molecule has 49 heavy (non-hydrogen) atoms. The van der Waals surface area contributed by atoms with Crippen LogP contribution in [-0.4, -0.2) is 36.0 Å². The monoisotopic (exact) mass is 714 g/mol. The van der Waals surface area contributed by atoms with Crippen LogP contribution in [0.15, 0.2) is 97.1 Å². The van der Waals surface area contributed by atoms with Crippen LogP contribution in [0.2, 0.25) is 0 Å².